The number of carbonyl (C=O) groups is 1. The molecule has 2 saturated heterocycles. The van der Waals surface area contributed by atoms with Gasteiger partial charge in [-0.25, -0.2) is 4.79 Å². The van der Waals surface area contributed by atoms with Gasteiger partial charge in [0.25, 0.3) is 0 Å². The normalized spacial score (nSPS) is 33.3. The van der Waals surface area contributed by atoms with Gasteiger partial charge in [-0.1, -0.05) is 31.2 Å². The van der Waals surface area contributed by atoms with Crippen LogP contribution in [0.4, 0.5) is 4.79 Å². The second-order valence-corrected chi connectivity index (χ2v) is 8.07. The molecule has 0 N–H and O–H groups in total. The molecular weight excluding hydrogens is 284 g/mol. The largest absolute Gasteiger partial charge is 0.325 e. The van der Waals surface area contributed by atoms with Gasteiger partial charge in [0.2, 0.25) is 0 Å². The predicted molar refractivity (Wildman–Crippen MR) is 92.6 cm³/mol. The van der Waals surface area contributed by atoms with Gasteiger partial charge in [-0.2, -0.15) is 0 Å². The first kappa shape index (κ1) is 15.0. The Hall–Kier alpha value is -1.51. The molecule has 1 aliphatic carbocycles. The van der Waals surface area contributed by atoms with Crippen LogP contribution in [-0.2, 0) is 11.8 Å². The summed E-state index contributed by atoms with van der Waals surface area (Å²) in [5.41, 5.74) is 3.21. The summed E-state index contributed by atoms with van der Waals surface area (Å²) in [4.78, 5) is 17.5. The van der Waals surface area contributed by atoms with Crippen LogP contribution in [0.3, 0.4) is 0 Å². The van der Waals surface area contributed by atoms with Crippen molar-refractivity contribution in [2.45, 2.75) is 69.9 Å². The Morgan fingerprint density at radius 1 is 1.13 bits per heavy atom. The Morgan fingerprint density at radius 2 is 1.87 bits per heavy atom. The number of hydrogen-bond donors (Lipinski definition) is 0. The van der Waals surface area contributed by atoms with E-state index in [9.17, 15) is 4.79 Å². The number of rotatable bonds is 0. The number of urea groups is 1. The highest BCUT2D eigenvalue weighted by atomic mass is 16.2. The van der Waals surface area contributed by atoms with Crippen molar-refractivity contribution < 1.29 is 4.79 Å². The zero-order valence-electron chi connectivity index (χ0n) is 14.4. The standard InChI is InChI=1S/C20H28N2O/c1-15-13-20(2)14-17(12-16-8-4-5-9-18(16)20)22(15)19(23)21-10-6-3-7-11-21/h4-5,8-9,15,17H,3,6-7,10-14H2,1-2H3/t15-,17+,20-/m1/s1. The molecule has 1 aromatic rings. The average molecular weight is 312 g/mol. The first-order valence-electron chi connectivity index (χ1n) is 9.24. The molecule has 2 aliphatic heterocycles. The molecule has 23 heavy (non-hydrogen) atoms. The van der Waals surface area contributed by atoms with Crippen LogP contribution in [0.1, 0.15) is 57.1 Å². The van der Waals surface area contributed by atoms with Gasteiger partial charge in [-0.05, 0) is 62.0 Å². The first-order chi connectivity index (χ1) is 11.1. The highest BCUT2D eigenvalue weighted by Gasteiger charge is 2.47. The highest BCUT2D eigenvalue weighted by Crippen LogP contribution is 2.47. The number of benzene rings is 1. The van der Waals surface area contributed by atoms with Gasteiger partial charge in [0.15, 0.2) is 0 Å². The van der Waals surface area contributed by atoms with Crippen molar-refractivity contribution in [3.63, 3.8) is 0 Å². The van der Waals surface area contributed by atoms with Gasteiger partial charge in [0, 0.05) is 25.2 Å². The lowest BCUT2D eigenvalue weighted by atomic mass is 9.63. The van der Waals surface area contributed by atoms with E-state index in [0.29, 0.717) is 18.1 Å². The van der Waals surface area contributed by atoms with Crippen molar-refractivity contribution >= 4 is 6.03 Å². The molecule has 0 aromatic heterocycles. The third-order valence-electron chi connectivity index (χ3n) is 6.27. The minimum Gasteiger partial charge on any atom is -0.325 e. The van der Waals surface area contributed by atoms with Crippen molar-refractivity contribution in [3.05, 3.63) is 35.4 Å². The first-order valence-corrected chi connectivity index (χ1v) is 9.24. The van der Waals surface area contributed by atoms with Crippen molar-refractivity contribution in [1.29, 1.82) is 0 Å². The topological polar surface area (TPSA) is 23.6 Å². The highest BCUT2D eigenvalue weighted by molar-refractivity contribution is 5.76. The van der Waals surface area contributed by atoms with E-state index >= 15 is 0 Å². The van der Waals surface area contributed by atoms with E-state index in [1.54, 1.807) is 0 Å². The second-order valence-electron chi connectivity index (χ2n) is 8.07. The van der Waals surface area contributed by atoms with Crippen LogP contribution in [0.5, 0.6) is 0 Å². The molecule has 0 unspecified atom stereocenters. The molecule has 3 heteroatoms. The fourth-order valence-electron chi connectivity index (χ4n) is 5.34. The van der Waals surface area contributed by atoms with Crippen LogP contribution in [0.15, 0.2) is 24.3 Å². The van der Waals surface area contributed by atoms with Gasteiger partial charge in [0.1, 0.15) is 0 Å². The average Bonchev–Trinajstić information content (AvgIpc) is 2.55. The zero-order valence-corrected chi connectivity index (χ0v) is 14.4. The maximum absolute atomic E-state index is 13.1. The predicted octanol–water partition coefficient (Wildman–Crippen LogP) is 3.96. The van der Waals surface area contributed by atoms with E-state index in [0.717, 1.165) is 32.4 Å². The summed E-state index contributed by atoms with van der Waals surface area (Å²) in [6.07, 6.45) is 6.83. The molecule has 0 radical (unpaired) electrons. The summed E-state index contributed by atoms with van der Waals surface area (Å²) in [5, 5.41) is 0. The third kappa shape index (κ3) is 2.45. The molecule has 4 rings (SSSR count). The van der Waals surface area contributed by atoms with Crippen molar-refractivity contribution in [2.75, 3.05) is 13.1 Å². The second kappa shape index (κ2) is 5.54. The summed E-state index contributed by atoms with van der Waals surface area (Å²) < 4.78 is 0. The number of amides is 2. The molecule has 0 spiro atoms. The van der Waals surface area contributed by atoms with Crippen LogP contribution in [0.2, 0.25) is 0 Å². The monoisotopic (exact) mass is 312 g/mol. The van der Waals surface area contributed by atoms with E-state index in [2.05, 4.69) is 47.9 Å². The van der Waals surface area contributed by atoms with Crippen LogP contribution in [0.25, 0.3) is 0 Å². The molecule has 3 atom stereocenters. The molecule has 3 nitrogen and oxygen atoms in total. The lowest BCUT2D eigenvalue weighted by molar-refractivity contribution is 0.0465. The van der Waals surface area contributed by atoms with Gasteiger partial charge >= 0.3 is 6.03 Å². The molecule has 1 aromatic carbocycles. The minimum absolute atomic E-state index is 0.234. The Labute approximate surface area is 139 Å². The van der Waals surface area contributed by atoms with E-state index in [1.807, 2.05) is 0 Å². The van der Waals surface area contributed by atoms with Gasteiger partial charge in [-0.15, -0.1) is 0 Å². The van der Waals surface area contributed by atoms with Crippen LogP contribution in [0, 0.1) is 0 Å². The maximum atomic E-state index is 13.1. The summed E-state index contributed by atoms with van der Waals surface area (Å²) in [7, 11) is 0. The van der Waals surface area contributed by atoms with Crippen LogP contribution < -0.4 is 0 Å². The maximum Gasteiger partial charge on any atom is 0.320 e. The van der Waals surface area contributed by atoms with Crippen molar-refractivity contribution in [1.82, 2.24) is 9.80 Å². The van der Waals surface area contributed by atoms with E-state index in [1.165, 1.54) is 30.4 Å². The van der Waals surface area contributed by atoms with Crippen LogP contribution >= 0.6 is 0 Å². The molecule has 2 amide bonds. The molecule has 2 fully saturated rings. The van der Waals surface area contributed by atoms with Crippen molar-refractivity contribution in [3.8, 4) is 0 Å². The van der Waals surface area contributed by atoms with E-state index in [-0.39, 0.29) is 5.41 Å². The van der Waals surface area contributed by atoms with Gasteiger partial charge < -0.3 is 9.80 Å². The Kier molecular flexibility index (Phi) is 3.62. The number of hydrogen-bond acceptors (Lipinski definition) is 1. The Morgan fingerprint density at radius 3 is 2.65 bits per heavy atom. The van der Waals surface area contributed by atoms with E-state index < -0.39 is 0 Å². The SMILES string of the molecule is C[C@@H]1C[C@]2(C)C[C@H](Cc3ccccc32)N1C(=O)N1CCCCC1. The molecule has 3 aliphatic rings. The fourth-order valence-corrected chi connectivity index (χ4v) is 5.34. The molecular formula is C20H28N2O. The Balaban J connectivity index is 1.63. The third-order valence-corrected chi connectivity index (χ3v) is 6.27. The lowest BCUT2D eigenvalue weighted by Crippen LogP contribution is -2.61. The summed E-state index contributed by atoms with van der Waals surface area (Å²) in [6, 6.07) is 9.88. The summed E-state index contributed by atoms with van der Waals surface area (Å²) in [5.74, 6) is 0. The number of fused-ring (bicyclic) bond motifs is 4. The smallest absolute Gasteiger partial charge is 0.320 e. The summed E-state index contributed by atoms with van der Waals surface area (Å²) in [6.45, 7) is 6.54. The zero-order chi connectivity index (χ0) is 16.0. The van der Waals surface area contributed by atoms with Crippen LogP contribution in [-0.4, -0.2) is 41.0 Å². The fraction of sp³-hybridized carbons (Fsp3) is 0.650. The minimum atomic E-state index is 0.234. The number of likely N-dealkylation sites (tertiary alicyclic amines) is 2. The van der Waals surface area contributed by atoms with Crippen molar-refractivity contribution in [2.24, 2.45) is 0 Å². The molecule has 2 heterocycles. The number of carbonyl (C=O) groups excluding carboxylic acids is 1. The molecule has 0 saturated carbocycles. The van der Waals surface area contributed by atoms with Gasteiger partial charge in [0.05, 0.1) is 0 Å². The molecule has 124 valence electrons. The van der Waals surface area contributed by atoms with Gasteiger partial charge in [-0.3, -0.25) is 0 Å². The Bertz CT molecular complexity index is 607. The number of nitrogens with zero attached hydrogens (tertiary/aromatic N) is 2. The quantitative estimate of drug-likeness (QED) is 0.711. The molecule has 2 bridgehead atoms. The number of piperidine rings is 2. The van der Waals surface area contributed by atoms with E-state index in [4.69, 9.17) is 0 Å². The summed E-state index contributed by atoms with van der Waals surface area (Å²) >= 11 is 0. The lowest BCUT2D eigenvalue weighted by Gasteiger charge is -2.54.